The van der Waals surface area contributed by atoms with Crippen LogP contribution in [0.1, 0.15) is 69.9 Å². The molecule has 7 nitrogen and oxygen atoms in total. The van der Waals surface area contributed by atoms with E-state index in [0.717, 1.165) is 11.3 Å². The molecule has 0 aliphatic carbocycles. The van der Waals surface area contributed by atoms with Gasteiger partial charge in [0.15, 0.2) is 6.04 Å². The van der Waals surface area contributed by atoms with Crippen molar-refractivity contribution in [1.82, 2.24) is 15.5 Å². The number of nitrogens with one attached hydrogen (secondary N) is 2. The molecule has 0 fully saturated rings. The number of fused-ring (bicyclic) bond motifs is 1. The van der Waals surface area contributed by atoms with Crippen molar-refractivity contribution >= 4 is 23.2 Å². The second-order valence-corrected chi connectivity index (χ2v) is 9.03. The molecule has 4 N–H and O–H groups in total. The Labute approximate surface area is 168 Å². The lowest BCUT2D eigenvalue weighted by Crippen LogP contribution is -2.42. The highest BCUT2D eigenvalue weighted by atomic mass is 32.1. The summed E-state index contributed by atoms with van der Waals surface area (Å²) in [6.07, 6.45) is -3.38. The lowest BCUT2D eigenvalue weighted by Gasteiger charge is -2.41. The largest absolute Gasteiger partial charge is 0.413 e. The van der Waals surface area contributed by atoms with Crippen LogP contribution in [0.25, 0.3) is 0 Å². The Morgan fingerprint density at radius 3 is 2.52 bits per heavy atom. The molecule has 2 amide bonds. The highest BCUT2D eigenvalue weighted by Gasteiger charge is 2.49. The topological polar surface area (TPSA) is 110 Å². The van der Waals surface area contributed by atoms with Gasteiger partial charge < -0.3 is 15.8 Å². The normalized spacial score (nSPS) is 18.7. The molecule has 0 spiro atoms. The summed E-state index contributed by atoms with van der Waals surface area (Å²) in [6.45, 7) is 7.04. The number of amides is 2. The van der Waals surface area contributed by atoms with Crippen LogP contribution in [0.4, 0.5) is 13.2 Å². The summed E-state index contributed by atoms with van der Waals surface area (Å²) in [4.78, 5) is 24.6. The van der Waals surface area contributed by atoms with Crippen molar-refractivity contribution in [2.45, 2.75) is 57.5 Å². The van der Waals surface area contributed by atoms with Crippen molar-refractivity contribution in [3.05, 3.63) is 38.8 Å². The maximum Gasteiger partial charge on any atom is 0.413 e. The van der Waals surface area contributed by atoms with E-state index in [2.05, 4.69) is 10.2 Å². The summed E-state index contributed by atoms with van der Waals surface area (Å²) in [6, 6.07) is -1.16. The van der Waals surface area contributed by atoms with Crippen LogP contribution < -0.4 is 11.1 Å². The van der Waals surface area contributed by atoms with Crippen molar-refractivity contribution in [2.75, 3.05) is 0 Å². The van der Waals surface area contributed by atoms with Gasteiger partial charge in [-0.2, -0.15) is 18.3 Å². The summed E-state index contributed by atoms with van der Waals surface area (Å²) >= 11 is 0.786. The lowest BCUT2D eigenvalue weighted by molar-refractivity contribution is -0.154. The minimum Gasteiger partial charge on any atom is -0.366 e. The third kappa shape index (κ3) is 4.01. The first-order chi connectivity index (χ1) is 13.2. The first-order valence-corrected chi connectivity index (χ1v) is 9.57. The number of thiophene rings is 1. The van der Waals surface area contributed by atoms with E-state index in [1.165, 1.54) is 12.3 Å². The minimum atomic E-state index is -4.85. The van der Waals surface area contributed by atoms with Gasteiger partial charge in [0.2, 0.25) is 5.91 Å². The van der Waals surface area contributed by atoms with E-state index in [0.29, 0.717) is 10.4 Å². The van der Waals surface area contributed by atoms with Gasteiger partial charge in [0.05, 0.1) is 16.8 Å². The van der Waals surface area contributed by atoms with E-state index in [1.54, 1.807) is 27.7 Å². The fourth-order valence-electron chi connectivity index (χ4n) is 3.70. The Bertz CT molecular complexity index is 948. The molecule has 1 atom stereocenters. The maximum atomic E-state index is 13.9. The molecular weight excluding hydrogens is 409 g/mol. The van der Waals surface area contributed by atoms with Gasteiger partial charge in [-0.3, -0.25) is 14.7 Å². The number of H-pyrrole nitrogens is 1. The molecule has 11 heteroatoms. The summed E-state index contributed by atoms with van der Waals surface area (Å²) < 4.78 is 47.8. The number of carbonyl (C=O) groups excluding carboxylic acids is 2. The van der Waals surface area contributed by atoms with E-state index in [1.807, 2.05) is 5.32 Å². The summed E-state index contributed by atoms with van der Waals surface area (Å²) in [5.41, 5.74) is 3.97. The molecule has 0 bridgehead atoms. The Morgan fingerprint density at radius 2 is 2.00 bits per heavy atom. The first kappa shape index (κ1) is 21.3. The SMILES string of the molecule is CC1(C)Cc2c(sc(C(NC(=O)c3ccn[nH]3)C(F)(F)F)c2C(N)=O)C(C)(C)O1. The van der Waals surface area contributed by atoms with Crippen molar-refractivity contribution in [1.29, 1.82) is 0 Å². The number of primary amides is 1. The van der Waals surface area contributed by atoms with E-state index in [4.69, 9.17) is 10.5 Å². The Hall–Kier alpha value is -2.40. The Balaban J connectivity index is 2.15. The molecule has 3 heterocycles. The van der Waals surface area contributed by atoms with Gasteiger partial charge in [0.25, 0.3) is 5.91 Å². The number of aromatic nitrogens is 2. The number of carbonyl (C=O) groups is 2. The van der Waals surface area contributed by atoms with Gasteiger partial charge in [-0.05, 0) is 39.3 Å². The Morgan fingerprint density at radius 1 is 1.34 bits per heavy atom. The number of hydrogen-bond acceptors (Lipinski definition) is 5. The van der Waals surface area contributed by atoms with Gasteiger partial charge in [0.1, 0.15) is 5.69 Å². The summed E-state index contributed by atoms with van der Waals surface area (Å²) in [5.74, 6) is -1.97. The second-order valence-electron chi connectivity index (χ2n) is 7.98. The molecule has 0 radical (unpaired) electrons. The summed E-state index contributed by atoms with van der Waals surface area (Å²) in [7, 11) is 0. The molecule has 1 aliphatic rings. The fraction of sp³-hybridized carbons (Fsp3) is 0.500. The van der Waals surface area contributed by atoms with Gasteiger partial charge in [-0.25, -0.2) is 0 Å². The third-order valence-corrected chi connectivity index (χ3v) is 6.17. The van der Waals surface area contributed by atoms with E-state index in [9.17, 15) is 22.8 Å². The van der Waals surface area contributed by atoms with Crippen molar-refractivity contribution in [3.63, 3.8) is 0 Å². The number of nitrogens with two attached hydrogens (primary N) is 1. The highest BCUT2D eigenvalue weighted by Crippen LogP contribution is 2.49. The standard InChI is InChI=1S/C18H21F3N4O3S/c1-16(2)7-8-10(14(22)26)11(29-13(8)17(3,4)28-16)12(18(19,20)21)24-15(27)9-5-6-23-25-9/h5-6,12H,7H2,1-4H3,(H2,22,26)(H,23,25)(H,24,27). The van der Waals surface area contributed by atoms with Crippen LogP contribution >= 0.6 is 11.3 Å². The third-order valence-electron chi connectivity index (χ3n) is 4.57. The van der Waals surface area contributed by atoms with Crippen LogP contribution in [0.3, 0.4) is 0 Å². The Kier molecular flexibility index (Phi) is 5.02. The van der Waals surface area contributed by atoms with Crippen LogP contribution in [-0.2, 0) is 16.8 Å². The molecule has 29 heavy (non-hydrogen) atoms. The molecule has 0 saturated carbocycles. The zero-order valence-corrected chi connectivity index (χ0v) is 17.0. The van der Waals surface area contributed by atoms with Gasteiger partial charge >= 0.3 is 6.18 Å². The number of hydrogen-bond donors (Lipinski definition) is 3. The number of rotatable bonds is 4. The van der Waals surface area contributed by atoms with Crippen LogP contribution in [0.15, 0.2) is 12.3 Å². The van der Waals surface area contributed by atoms with E-state index in [-0.39, 0.29) is 22.6 Å². The predicted molar refractivity (Wildman–Crippen MR) is 99.6 cm³/mol. The molecule has 1 unspecified atom stereocenters. The zero-order valence-electron chi connectivity index (χ0n) is 16.2. The zero-order chi connectivity index (χ0) is 21.8. The van der Waals surface area contributed by atoms with Crippen LogP contribution in [0.5, 0.6) is 0 Å². The van der Waals surface area contributed by atoms with Gasteiger partial charge in [0, 0.05) is 22.4 Å². The number of aromatic amines is 1. The second kappa shape index (κ2) is 6.84. The fourth-order valence-corrected chi connectivity index (χ4v) is 5.14. The molecule has 1 aliphatic heterocycles. The highest BCUT2D eigenvalue weighted by molar-refractivity contribution is 7.12. The molecule has 2 aromatic heterocycles. The molecular formula is C18H21F3N4O3S. The van der Waals surface area contributed by atoms with Gasteiger partial charge in [-0.1, -0.05) is 0 Å². The van der Waals surface area contributed by atoms with E-state index >= 15 is 0 Å². The van der Waals surface area contributed by atoms with Crippen LogP contribution in [0.2, 0.25) is 0 Å². The number of halogens is 3. The molecule has 0 aromatic carbocycles. The first-order valence-electron chi connectivity index (χ1n) is 8.76. The van der Waals surface area contributed by atoms with Crippen molar-refractivity contribution < 1.29 is 27.5 Å². The van der Waals surface area contributed by atoms with Gasteiger partial charge in [-0.15, -0.1) is 11.3 Å². The predicted octanol–water partition coefficient (Wildman–Crippen LogP) is 3.19. The minimum absolute atomic E-state index is 0.133. The van der Waals surface area contributed by atoms with Crippen LogP contribution in [-0.4, -0.2) is 33.8 Å². The molecule has 158 valence electrons. The average Bonchev–Trinajstić information content (AvgIpc) is 3.16. The number of ether oxygens (including phenoxy) is 1. The average molecular weight is 430 g/mol. The number of nitrogens with zero attached hydrogens (tertiary/aromatic N) is 1. The number of alkyl halides is 3. The monoisotopic (exact) mass is 430 g/mol. The quantitative estimate of drug-likeness (QED) is 0.692. The van der Waals surface area contributed by atoms with E-state index < -0.39 is 35.2 Å². The van der Waals surface area contributed by atoms with Crippen molar-refractivity contribution in [3.8, 4) is 0 Å². The lowest BCUT2D eigenvalue weighted by atomic mass is 9.85. The smallest absolute Gasteiger partial charge is 0.366 e. The molecule has 0 saturated heterocycles. The van der Waals surface area contributed by atoms with Crippen molar-refractivity contribution in [2.24, 2.45) is 5.73 Å². The molecule has 3 rings (SSSR count). The summed E-state index contributed by atoms with van der Waals surface area (Å²) in [5, 5.41) is 7.84. The maximum absolute atomic E-state index is 13.9. The molecule has 2 aromatic rings. The van der Waals surface area contributed by atoms with Crippen LogP contribution in [0, 0.1) is 0 Å².